The van der Waals surface area contributed by atoms with Gasteiger partial charge in [-0.2, -0.15) is 0 Å². The molecule has 2 rings (SSSR count). The Hall–Kier alpha value is -3.02. The van der Waals surface area contributed by atoms with Gasteiger partial charge < -0.3 is 19.9 Å². The number of aliphatic carboxylic acids is 1. The second kappa shape index (κ2) is 9.62. The molecule has 0 unspecified atom stereocenters. The first-order chi connectivity index (χ1) is 12.9. The van der Waals surface area contributed by atoms with Crippen LogP contribution < -0.4 is 14.8 Å². The number of carboxylic acid groups (broad SMARTS) is 1. The van der Waals surface area contributed by atoms with Gasteiger partial charge in [-0.25, -0.2) is 4.79 Å². The first-order valence-electron chi connectivity index (χ1n) is 8.77. The van der Waals surface area contributed by atoms with Crippen LogP contribution >= 0.6 is 0 Å². The average molecular weight is 371 g/mol. The molecule has 0 atom stereocenters. The lowest BCUT2D eigenvalue weighted by molar-refractivity contribution is -0.139. The molecular weight excluding hydrogens is 346 g/mol. The highest BCUT2D eigenvalue weighted by molar-refractivity contribution is 5.94. The molecule has 0 bridgehead atoms. The first kappa shape index (κ1) is 20.3. The third-order valence-corrected chi connectivity index (χ3v) is 4.15. The summed E-state index contributed by atoms with van der Waals surface area (Å²) in [4.78, 5) is 23.0. The Bertz CT molecular complexity index is 776. The van der Waals surface area contributed by atoms with Crippen LogP contribution in [0, 0.1) is 13.8 Å². The predicted molar refractivity (Wildman–Crippen MR) is 103 cm³/mol. The van der Waals surface area contributed by atoms with Gasteiger partial charge in [0.05, 0.1) is 7.11 Å². The average Bonchev–Trinajstić information content (AvgIpc) is 2.64. The largest absolute Gasteiger partial charge is 0.497 e. The highest BCUT2D eigenvalue weighted by Gasteiger charge is 2.12. The Morgan fingerprint density at radius 3 is 2.26 bits per heavy atom. The number of carboxylic acids is 1. The molecule has 0 radical (unpaired) electrons. The van der Waals surface area contributed by atoms with Crippen molar-refractivity contribution in [2.75, 3.05) is 20.3 Å². The maximum Gasteiger partial charge on any atom is 0.341 e. The lowest BCUT2D eigenvalue weighted by Crippen LogP contribution is -2.25. The summed E-state index contributed by atoms with van der Waals surface area (Å²) >= 11 is 0. The summed E-state index contributed by atoms with van der Waals surface area (Å²) in [6.07, 6.45) is 1.69. The number of carbonyl (C=O) groups is 2. The molecule has 6 heteroatoms. The van der Waals surface area contributed by atoms with E-state index >= 15 is 0 Å². The maximum absolute atomic E-state index is 12.4. The lowest BCUT2D eigenvalue weighted by Gasteiger charge is -2.13. The molecule has 2 aromatic carbocycles. The number of benzene rings is 2. The summed E-state index contributed by atoms with van der Waals surface area (Å²) in [6, 6.07) is 11.3. The predicted octanol–water partition coefficient (Wildman–Crippen LogP) is 3.14. The van der Waals surface area contributed by atoms with E-state index < -0.39 is 12.6 Å². The van der Waals surface area contributed by atoms with E-state index in [2.05, 4.69) is 5.32 Å². The second-order valence-corrected chi connectivity index (χ2v) is 6.33. The summed E-state index contributed by atoms with van der Waals surface area (Å²) < 4.78 is 10.4. The topological polar surface area (TPSA) is 84.9 Å². The minimum atomic E-state index is -1.03. The number of nitrogens with one attached hydrogen (secondary N) is 1. The summed E-state index contributed by atoms with van der Waals surface area (Å²) in [5, 5.41) is 11.7. The number of ether oxygens (including phenoxy) is 2. The SMILES string of the molecule is COc1ccc(CCCNC(=O)c2cc(C)c(OCC(=O)O)c(C)c2)cc1. The molecule has 0 fully saturated rings. The number of hydrogen-bond donors (Lipinski definition) is 2. The zero-order chi connectivity index (χ0) is 19.8. The van der Waals surface area contributed by atoms with E-state index in [1.165, 1.54) is 5.56 Å². The van der Waals surface area contributed by atoms with Gasteiger partial charge in [0.1, 0.15) is 11.5 Å². The molecule has 6 nitrogen and oxygen atoms in total. The van der Waals surface area contributed by atoms with E-state index in [1.807, 2.05) is 24.3 Å². The molecule has 2 aromatic rings. The number of methoxy groups -OCH3 is 1. The van der Waals surface area contributed by atoms with Gasteiger partial charge in [-0.3, -0.25) is 4.79 Å². The van der Waals surface area contributed by atoms with Gasteiger partial charge in [0.25, 0.3) is 5.91 Å². The molecule has 0 heterocycles. The first-order valence-corrected chi connectivity index (χ1v) is 8.77. The molecule has 0 saturated carbocycles. The third-order valence-electron chi connectivity index (χ3n) is 4.15. The molecule has 144 valence electrons. The van der Waals surface area contributed by atoms with Crippen molar-refractivity contribution in [3.8, 4) is 11.5 Å². The molecule has 2 N–H and O–H groups in total. The third kappa shape index (κ3) is 6.02. The van der Waals surface area contributed by atoms with Crippen LogP contribution in [-0.2, 0) is 11.2 Å². The Kier molecular flexibility index (Phi) is 7.23. The van der Waals surface area contributed by atoms with E-state index in [-0.39, 0.29) is 5.91 Å². The van der Waals surface area contributed by atoms with Crippen LogP contribution in [0.5, 0.6) is 11.5 Å². The minimum Gasteiger partial charge on any atom is -0.497 e. The fourth-order valence-electron chi connectivity index (χ4n) is 2.83. The highest BCUT2D eigenvalue weighted by atomic mass is 16.5. The van der Waals surface area contributed by atoms with Crippen molar-refractivity contribution in [1.29, 1.82) is 0 Å². The number of rotatable bonds is 9. The van der Waals surface area contributed by atoms with Crippen LogP contribution in [0.3, 0.4) is 0 Å². The zero-order valence-electron chi connectivity index (χ0n) is 15.9. The van der Waals surface area contributed by atoms with E-state index in [4.69, 9.17) is 14.6 Å². The number of hydrogen-bond acceptors (Lipinski definition) is 4. The molecule has 0 aliphatic heterocycles. The number of amides is 1. The molecule has 0 aliphatic carbocycles. The Labute approximate surface area is 159 Å². The Morgan fingerprint density at radius 2 is 1.70 bits per heavy atom. The maximum atomic E-state index is 12.4. The molecule has 0 saturated heterocycles. The van der Waals surface area contributed by atoms with Crippen molar-refractivity contribution >= 4 is 11.9 Å². The molecule has 1 amide bonds. The summed E-state index contributed by atoms with van der Waals surface area (Å²) in [5.74, 6) is 0.148. The van der Waals surface area contributed by atoms with E-state index in [0.717, 1.165) is 29.7 Å². The van der Waals surface area contributed by atoms with Crippen LogP contribution in [0.25, 0.3) is 0 Å². The van der Waals surface area contributed by atoms with Crippen molar-refractivity contribution in [3.63, 3.8) is 0 Å². The van der Waals surface area contributed by atoms with Crippen molar-refractivity contribution < 1.29 is 24.2 Å². The second-order valence-electron chi connectivity index (χ2n) is 6.33. The van der Waals surface area contributed by atoms with Crippen LogP contribution in [0.2, 0.25) is 0 Å². The van der Waals surface area contributed by atoms with Gasteiger partial charge in [0, 0.05) is 12.1 Å². The van der Waals surface area contributed by atoms with Gasteiger partial charge >= 0.3 is 5.97 Å². The van der Waals surface area contributed by atoms with Crippen molar-refractivity contribution in [1.82, 2.24) is 5.32 Å². The quantitative estimate of drug-likeness (QED) is 0.662. The van der Waals surface area contributed by atoms with E-state index in [9.17, 15) is 9.59 Å². The standard InChI is InChI=1S/C21H25NO5/c1-14-11-17(12-15(2)20(14)27-13-19(23)24)21(25)22-10-4-5-16-6-8-18(26-3)9-7-16/h6-9,11-12H,4-5,10,13H2,1-3H3,(H,22,25)(H,23,24). The monoisotopic (exact) mass is 371 g/mol. The Morgan fingerprint density at radius 1 is 1.07 bits per heavy atom. The van der Waals surface area contributed by atoms with Crippen molar-refractivity contribution in [2.24, 2.45) is 0 Å². The van der Waals surface area contributed by atoms with Gasteiger partial charge in [0.2, 0.25) is 0 Å². The highest BCUT2D eigenvalue weighted by Crippen LogP contribution is 2.24. The van der Waals surface area contributed by atoms with Gasteiger partial charge in [-0.1, -0.05) is 12.1 Å². The van der Waals surface area contributed by atoms with Crippen LogP contribution in [0.1, 0.15) is 33.5 Å². The fourth-order valence-corrected chi connectivity index (χ4v) is 2.83. The van der Waals surface area contributed by atoms with Gasteiger partial charge in [-0.15, -0.1) is 0 Å². The summed E-state index contributed by atoms with van der Waals surface area (Å²) in [6.45, 7) is 3.76. The Balaban J connectivity index is 1.86. The smallest absolute Gasteiger partial charge is 0.341 e. The summed E-state index contributed by atoms with van der Waals surface area (Å²) in [7, 11) is 1.64. The number of carbonyl (C=O) groups excluding carboxylic acids is 1. The van der Waals surface area contributed by atoms with E-state index in [0.29, 0.717) is 17.9 Å². The lowest BCUT2D eigenvalue weighted by atomic mass is 10.0. The molecule has 0 spiro atoms. The van der Waals surface area contributed by atoms with Crippen molar-refractivity contribution in [2.45, 2.75) is 26.7 Å². The molecule has 0 aliphatic rings. The molecule has 0 aromatic heterocycles. The number of aryl methyl sites for hydroxylation is 3. The minimum absolute atomic E-state index is 0.152. The zero-order valence-corrected chi connectivity index (χ0v) is 15.9. The van der Waals surface area contributed by atoms with Crippen LogP contribution in [0.4, 0.5) is 0 Å². The fraction of sp³-hybridized carbons (Fsp3) is 0.333. The molecule has 27 heavy (non-hydrogen) atoms. The molecular formula is C21H25NO5. The summed E-state index contributed by atoms with van der Waals surface area (Å²) in [5.41, 5.74) is 3.20. The van der Waals surface area contributed by atoms with Crippen LogP contribution in [0.15, 0.2) is 36.4 Å². The van der Waals surface area contributed by atoms with Gasteiger partial charge in [0.15, 0.2) is 6.61 Å². The van der Waals surface area contributed by atoms with Gasteiger partial charge in [-0.05, 0) is 67.6 Å². The van der Waals surface area contributed by atoms with Crippen molar-refractivity contribution in [3.05, 3.63) is 58.7 Å². The normalized spacial score (nSPS) is 10.3. The van der Waals surface area contributed by atoms with Crippen LogP contribution in [-0.4, -0.2) is 37.2 Å². The van der Waals surface area contributed by atoms with E-state index in [1.54, 1.807) is 33.1 Å².